The molecule has 0 aromatic rings. The molecule has 0 aromatic heterocycles. The van der Waals surface area contributed by atoms with E-state index in [9.17, 15) is 31.5 Å². The summed E-state index contributed by atoms with van der Waals surface area (Å²) in [6.45, 7) is 0.897. The fourth-order valence-corrected chi connectivity index (χ4v) is 4.37. The Morgan fingerprint density at radius 3 is 2.07 bits per heavy atom. The van der Waals surface area contributed by atoms with Gasteiger partial charge < -0.3 is 14.2 Å². The van der Waals surface area contributed by atoms with Crippen LogP contribution in [0, 0.1) is 17.8 Å². The van der Waals surface area contributed by atoms with Gasteiger partial charge in [0.15, 0.2) is 0 Å². The largest absolute Gasteiger partial charge is 0.462 e. The minimum Gasteiger partial charge on any atom is -0.449 e. The van der Waals surface area contributed by atoms with Gasteiger partial charge in [-0.1, -0.05) is 12.2 Å². The first-order valence-electron chi connectivity index (χ1n) is 8.68. The van der Waals surface area contributed by atoms with Gasteiger partial charge >= 0.3 is 35.7 Å². The normalized spacial score (nSPS) is 40.0. The van der Waals surface area contributed by atoms with E-state index in [4.69, 9.17) is 0 Å². The molecule has 1 aliphatic heterocycles. The van der Waals surface area contributed by atoms with Crippen LogP contribution in [-0.4, -0.2) is 48.0 Å². The van der Waals surface area contributed by atoms with Crippen molar-refractivity contribution in [2.75, 3.05) is 0 Å². The maximum atomic E-state index is 15.0. The Morgan fingerprint density at radius 2 is 1.66 bits per heavy atom. The number of alkyl halides is 7. The number of carbonyl (C=O) groups is 2. The van der Waals surface area contributed by atoms with Crippen molar-refractivity contribution in [1.82, 2.24) is 0 Å². The Bertz CT molecular complexity index is 734. The van der Waals surface area contributed by atoms with Crippen LogP contribution < -0.4 is 0 Å². The monoisotopic (exact) mass is 434 g/mol. The molecule has 0 spiro atoms. The highest BCUT2D eigenvalue weighted by molar-refractivity contribution is 5.67. The lowest BCUT2D eigenvalue weighted by Gasteiger charge is -2.52. The van der Waals surface area contributed by atoms with E-state index in [-0.39, 0.29) is 12.3 Å². The zero-order valence-electron chi connectivity index (χ0n) is 15.1. The van der Waals surface area contributed by atoms with E-state index >= 15 is 8.78 Å². The third-order valence-corrected chi connectivity index (χ3v) is 5.45. The van der Waals surface area contributed by atoms with Crippen LogP contribution in [0.3, 0.4) is 0 Å². The number of esters is 2. The molecule has 0 aromatic carbocycles. The smallest absolute Gasteiger partial charge is 0.449 e. The highest BCUT2D eigenvalue weighted by atomic mass is 19.4. The van der Waals surface area contributed by atoms with Crippen LogP contribution in [0.5, 0.6) is 0 Å². The first-order chi connectivity index (χ1) is 13.1. The summed E-state index contributed by atoms with van der Waals surface area (Å²) < 4.78 is 113. The van der Waals surface area contributed by atoms with Crippen LogP contribution in [0.15, 0.2) is 12.2 Å². The lowest BCUT2D eigenvalue weighted by molar-refractivity contribution is -0.497. The van der Waals surface area contributed by atoms with Crippen LogP contribution in [0.2, 0.25) is 0 Å². The van der Waals surface area contributed by atoms with Crippen LogP contribution in [-0.2, 0) is 23.8 Å². The van der Waals surface area contributed by atoms with Gasteiger partial charge in [0.05, 0.1) is 0 Å². The van der Waals surface area contributed by atoms with E-state index in [0.717, 1.165) is 0 Å². The third kappa shape index (κ3) is 3.19. The highest BCUT2D eigenvalue weighted by Crippen LogP contribution is 2.60. The maximum absolute atomic E-state index is 15.0. The number of hydrogen-bond donors (Lipinski definition) is 0. The number of carbonyl (C=O) groups excluding carboxylic acids is 2. The summed E-state index contributed by atoms with van der Waals surface area (Å²) in [4.78, 5) is 22.5. The number of ether oxygens (including phenoxy) is 3. The predicted molar refractivity (Wildman–Crippen MR) is 79.7 cm³/mol. The number of allylic oxidation sites excluding steroid dienone is 2. The van der Waals surface area contributed by atoms with Crippen molar-refractivity contribution in [3.63, 3.8) is 0 Å². The van der Waals surface area contributed by atoms with E-state index in [1.54, 1.807) is 6.08 Å². The minimum absolute atomic E-state index is 0.0339. The van der Waals surface area contributed by atoms with Gasteiger partial charge in [-0.05, 0) is 30.6 Å². The van der Waals surface area contributed by atoms with E-state index in [1.807, 2.05) is 0 Å². The molecule has 0 radical (unpaired) electrons. The number of halogens is 7. The summed E-state index contributed by atoms with van der Waals surface area (Å²) >= 11 is 0. The molecule has 29 heavy (non-hydrogen) atoms. The first-order valence-corrected chi connectivity index (χ1v) is 8.68. The summed E-state index contributed by atoms with van der Waals surface area (Å²) in [7, 11) is 0. The van der Waals surface area contributed by atoms with Crippen LogP contribution in [0.4, 0.5) is 30.7 Å². The lowest BCUT2D eigenvalue weighted by atomic mass is 9.79. The fourth-order valence-electron chi connectivity index (χ4n) is 4.37. The molecule has 5 nitrogen and oxygen atoms in total. The molecule has 1 saturated heterocycles. The van der Waals surface area contributed by atoms with Gasteiger partial charge in [0, 0.05) is 13.8 Å². The number of rotatable bonds is 3. The van der Waals surface area contributed by atoms with Crippen molar-refractivity contribution in [1.29, 1.82) is 0 Å². The van der Waals surface area contributed by atoms with Gasteiger partial charge in [0.1, 0.15) is 6.10 Å². The van der Waals surface area contributed by atoms with Crippen LogP contribution in [0.25, 0.3) is 0 Å². The Kier molecular flexibility index (Phi) is 4.96. The first kappa shape index (κ1) is 21.8. The van der Waals surface area contributed by atoms with Crippen LogP contribution >= 0.6 is 0 Å². The van der Waals surface area contributed by atoms with Gasteiger partial charge in [-0.3, -0.25) is 9.59 Å². The van der Waals surface area contributed by atoms with Gasteiger partial charge in [0.2, 0.25) is 6.10 Å². The van der Waals surface area contributed by atoms with Gasteiger partial charge in [-0.2, -0.15) is 30.7 Å². The van der Waals surface area contributed by atoms with Gasteiger partial charge in [-0.15, -0.1) is 0 Å². The molecular weight excluding hydrogens is 417 g/mol. The Hall–Kier alpha value is -1.85. The van der Waals surface area contributed by atoms with Crippen molar-refractivity contribution < 1.29 is 54.5 Å². The zero-order chi connectivity index (χ0) is 22.0. The minimum atomic E-state index is -6.11. The van der Waals surface area contributed by atoms with Crippen molar-refractivity contribution in [3.8, 4) is 0 Å². The quantitative estimate of drug-likeness (QED) is 0.386. The van der Waals surface area contributed by atoms with Crippen molar-refractivity contribution in [2.45, 2.75) is 62.7 Å². The van der Waals surface area contributed by atoms with Gasteiger partial charge in [0.25, 0.3) is 0 Å². The van der Waals surface area contributed by atoms with E-state index in [0.29, 0.717) is 20.3 Å². The van der Waals surface area contributed by atoms with E-state index in [1.165, 1.54) is 6.08 Å². The molecule has 2 bridgehead atoms. The molecule has 1 saturated carbocycles. The molecular formula is C17H17F7O5. The molecule has 3 aliphatic rings. The number of hydrogen-bond acceptors (Lipinski definition) is 5. The average molecular weight is 434 g/mol. The second kappa shape index (κ2) is 6.58. The highest BCUT2D eigenvalue weighted by Gasteiger charge is 2.87. The van der Waals surface area contributed by atoms with Crippen molar-refractivity contribution >= 4 is 11.9 Å². The molecule has 2 aliphatic carbocycles. The second-order valence-corrected chi connectivity index (χ2v) is 7.48. The topological polar surface area (TPSA) is 61.8 Å². The summed E-state index contributed by atoms with van der Waals surface area (Å²) in [6.07, 6.45) is -9.17. The molecule has 1 heterocycles. The molecule has 6 atom stereocenters. The van der Waals surface area contributed by atoms with Crippen molar-refractivity contribution in [3.05, 3.63) is 12.2 Å². The third-order valence-electron chi connectivity index (χ3n) is 5.45. The van der Waals surface area contributed by atoms with Gasteiger partial charge in [-0.25, -0.2) is 0 Å². The zero-order valence-corrected chi connectivity index (χ0v) is 15.1. The second-order valence-electron chi connectivity index (χ2n) is 7.48. The fraction of sp³-hybridized carbons (Fsp3) is 0.765. The Morgan fingerprint density at radius 1 is 1.03 bits per heavy atom. The standard InChI is InChI=1S/C17H17F7O5/c1-7(25)27-13-14(18,19)12(11-6-9-3-4-10(11)5-9)29-16(15(13,20)21,17(22,23)24)28-8(2)26/h3-4,9-13H,5-6H2,1-2H3. The Labute approximate surface area is 160 Å². The van der Waals surface area contributed by atoms with E-state index in [2.05, 4.69) is 14.2 Å². The Balaban J connectivity index is 2.16. The lowest BCUT2D eigenvalue weighted by Crippen LogP contribution is -2.78. The van der Waals surface area contributed by atoms with E-state index < -0.39 is 59.8 Å². The SMILES string of the molecule is CC(=O)OC1C(F)(F)C(C2CC3C=CC2C3)OC(OC(C)=O)(C(F)(F)F)C1(F)F. The van der Waals surface area contributed by atoms with Crippen LogP contribution in [0.1, 0.15) is 26.7 Å². The average Bonchev–Trinajstić information content (AvgIpc) is 3.16. The van der Waals surface area contributed by atoms with Crippen molar-refractivity contribution in [2.24, 2.45) is 17.8 Å². The molecule has 3 rings (SSSR count). The molecule has 12 heteroatoms. The molecule has 2 fully saturated rings. The predicted octanol–water partition coefficient (Wildman–Crippen LogP) is 3.62. The number of fused-ring (bicyclic) bond motifs is 2. The summed E-state index contributed by atoms with van der Waals surface area (Å²) in [6, 6.07) is 0. The molecule has 0 N–H and O–H groups in total. The molecule has 164 valence electrons. The summed E-state index contributed by atoms with van der Waals surface area (Å²) in [5.74, 6) is -21.0. The summed E-state index contributed by atoms with van der Waals surface area (Å²) in [5, 5.41) is 0. The molecule has 6 unspecified atom stereocenters. The maximum Gasteiger partial charge on any atom is 0.462 e. The summed E-state index contributed by atoms with van der Waals surface area (Å²) in [5.41, 5.74) is 0. The molecule has 0 amide bonds.